The van der Waals surface area contributed by atoms with E-state index < -0.39 is 0 Å². The Kier molecular flexibility index (Phi) is 3.82. The summed E-state index contributed by atoms with van der Waals surface area (Å²) in [5, 5.41) is 2.59. The quantitative estimate of drug-likeness (QED) is 0.807. The molecule has 4 nitrogen and oxygen atoms in total. The highest BCUT2D eigenvalue weighted by molar-refractivity contribution is 9.11. The number of carbonyl (C=O) groups is 1. The van der Waals surface area contributed by atoms with Crippen molar-refractivity contribution in [3.8, 4) is 0 Å². The van der Waals surface area contributed by atoms with Crippen LogP contribution >= 0.6 is 15.9 Å². The van der Waals surface area contributed by atoms with E-state index in [4.69, 9.17) is 9.47 Å². The smallest absolute Gasteiger partial charge is 0.289 e. The molecular formula is C8H10BrNO3. The average molecular weight is 248 g/mol. The van der Waals surface area contributed by atoms with Crippen molar-refractivity contribution in [3.05, 3.63) is 23.1 Å². The van der Waals surface area contributed by atoms with Gasteiger partial charge in [0.2, 0.25) is 5.76 Å². The van der Waals surface area contributed by atoms with Gasteiger partial charge < -0.3 is 14.8 Å². The molecule has 0 unspecified atom stereocenters. The van der Waals surface area contributed by atoms with E-state index in [1.54, 1.807) is 0 Å². The summed E-state index contributed by atoms with van der Waals surface area (Å²) >= 11 is 3.13. The molecule has 5 heteroatoms. The second kappa shape index (κ2) is 4.91. The lowest BCUT2D eigenvalue weighted by Crippen LogP contribution is -2.29. The topological polar surface area (TPSA) is 47.6 Å². The zero-order valence-electron chi connectivity index (χ0n) is 7.01. The van der Waals surface area contributed by atoms with Crippen LogP contribution in [0.4, 0.5) is 0 Å². The van der Waals surface area contributed by atoms with Crippen LogP contribution in [-0.4, -0.2) is 25.7 Å². The van der Waals surface area contributed by atoms with Crippen molar-refractivity contribution in [1.29, 1.82) is 0 Å². The predicted octanol–water partition coefficient (Wildman–Crippen LogP) is 0.899. The Morgan fingerprint density at radius 2 is 2.46 bits per heavy atom. The van der Waals surface area contributed by atoms with Gasteiger partial charge in [0, 0.05) is 11.0 Å². The minimum absolute atomic E-state index is 0.208. The van der Waals surface area contributed by atoms with Gasteiger partial charge in [0.25, 0.3) is 5.91 Å². The van der Waals surface area contributed by atoms with E-state index in [1.165, 1.54) is 6.26 Å². The van der Waals surface area contributed by atoms with E-state index >= 15 is 0 Å². The first-order chi connectivity index (χ1) is 6.20. The lowest BCUT2D eigenvalue weighted by Gasteiger charge is -2.14. The molecule has 0 aromatic heterocycles. The highest BCUT2D eigenvalue weighted by Crippen LogP contribution is 2.04. The molecule has 0 saturated heterocycles. The number of hydrogen-bond acceptors (Lipinski definition) is 3. The fraction of sp³-hybridized carbons (Fsp3) is 0.375. The van der Waals surface area contributed by atoms with Crippen molar-refractivity contribution in [2.75, 3.05) is 19.8 Å². The Morgan fingerprint density at radius 3 is 3.00 bits per heavy atom. The highest BCUT2D eigenvalue weighted by atomic mass is 79.9. The summed E-state index contributed by atoms with van der Waals surface area (Å²) in [6.45, 7) is 4.86. The monoisotopic (exact) mass is 247 g/mol. The van der Waals surface area contributed by atoms with Gasteiger partial charge in [-0.05, 0) is 0 Å². The van der Waals surface area contributed by atoms with Crippen molar-refractivity contribution in [2.45, 2.75) is 0 Å². The Morgan fingerprint density at radius 1 is 1.69 bits per heavy atom. The standard InChI is InChI=1S/C8H10BrNO3/c1-6(9)4-10-8(11)7-5-12-2-3-13-7/h5H,1-4H2,(H,10,11). The molecule has 1 rings (SSSR count). The van der Waals surface area contributed by atoms with E-state index in [0.717, 1.165) is 0 Å². The first-order valence-electron chi connectivity index (χ1n) is 3.76. The average Bonchev–Trinajstić information content (AvgIpc) is 2.15. The zero-order chi connectivity index (χ0) is 9.68. The van der Waals surface area contributed by atoms with Gasteiger partial charge in [-0.2, -0.15) is 0 Å². The van der Waals surface area contributed by atoms with E-state index in [9.17, 15) is 4.79 Å². The number of amides is 1. The molecule has 0 atom stereocenters. The first kappa shape index (κ1) is 10.1. The van der Waals surface area contributed by atoms with Crippen LogP contribution in [0.25, 0.3) is 0 Å². The van der Waals surface area contributed by atoms with Crippen LogP contribution in [0, 0.1) is 0 Å². The predicted molar refractivity (Wildman–Crippen MR) is 51.1 cm³/mol. The molecule has 0 radical (unpaired) electrons. The number of hydrogen-bond donors (Lipinski definition) is 1. The van der Waals surface area contributed by atoms with Gasteiger partial charge in [0.1, 0.15) is 19.5 Å². The largest absolute Gasteiger partial charge is 0.494 e. The molecule has 0 aromatic rings. The maximum absolute atomic E-state index is 11.3. The van der Waals surface area contributed by atoms with Gasteiger partial charge >= 0.3 is 0 Å². The van der Waals surface area contributed by atoms with Crippen molar-refractivity contribution in [3.63, 3.8) is 0 Å². The summed E-state index contributed by atoms with van der Waals surface area (Å²) in [5.74, 6) is -0.0831. The zero-order valence-corrected chi connectivity index (χ0v) is 8.59. The molecule has 0 saturated carbocycles. The minimum atomic E-state index is -0.291. The molecule has 0 bridgehead atoms. The van der Waals surface area contributed by atoms with Crippen molar-refractivity contribution in [2.24, 2.45) is 0 Å². The van der Waals surface area contributed by atoms with Crippen LogP contribution < -0.4 is 5.32 Å². The minimum Gasteiger partial charge on any atom is -0.494 e. The van der Waals surface area contributed by atoms with Crippen molar-refractivity contribution >= 4 is 21.8 Å². The molecule has 13 heavy (non-hydrogen) atoms. The van der Waals surface area contributed by atoms with Crippen molar-refractivity contribution in [1.82, 2.24) is 5.32 Å². The fourth-order valence-electron chi connectivity index (χ4n) is 0.751. The molecule has 1 aliphatic rings. The molecular weight excluding hydrogens is 238 g/mol. The SMILES string of the molecule is C=C(Br)CNC(=O)C1=COCCO1. The Bertz CT molecular complexity index is 250. The van der Waals surface area contributed by atoms with Crippen LogP contribution in [0.1, 0.15) is 0 Å². The lowest BCUT2D eigenvalue weighted by atomic mass is 10.4. The Balaban J connectivity index is 2.38. The molecule has 0 aliphatic carbocycles. The summed E-state index contributed by atoms with van der Waals surface area (Å²) < 4.78 is 10.7. The summed E-state index contributed by atoms with van der Waals surface area (Å²) in [5.41, 5.74) is 0. The van der Waals surface area contributed by atoms with Gasteiger partial charge in [-0.25, -0.2) is 0 Å². The summed E-state index contributed by atoms with van der Waals surface area (Å²) in [6, 6.07) is 0. The molecule has 1 aliphatic heterocycles. The van der Waals surface area contributed by atoms with Gasteiger partial charge in [-0.15, -0.1) is 0 Å². The third-order valence-electron chi connectivity index (χ3n) is 1.31. The third kappa shape index (κ3) is 3.50. The molecule has 0 aromatic carbocycles. The van der Waals surface area contributed by atoms with Crippen LogP contribution in [0.15, 0.2) is 23.1 Å². The molecule has 0 spiro atoms. The molecule has 72 valence electrons. The van der Waals surface area contributed by atoms with Crippen molar-refractivity contribution < 1.29 is 14.3 Å². The second-order valence-corrected chi connectivity index (χ2v) is 3.52. The number of halogens is 1. The van der Waals surface area contributed by atoms with Gasteiger partial charge in [0.15, 0.2) is 0 Å². The molecule has 0 fully saturated rings. The van der Waals surface area contributed by atoms with E-state index in [1.807, 2.05) is 0 Å². The second-order valence-electron chi connectivity index (χ2n) is 2.40. The van der Waals surface area contributed by atoms with Gasteiger partial charge in [-0.1, -0.05) is 22.5 Å². The number of nitrogens with one attached hydrogen (secondary N) is 1. The van der Waals surface area contributed by atoms with Crippen LogP contribution in [0.5, 0.6) is 0 Å². The Labute approximate surface area is 84.7 Å². The number of ether oxygens (including phenoxy) is 2. The van der Waals surface area contributed by atoms with Crippen LogP contribution in [0.2, 0.25) is 0 Å². The molecule has 1 amide bonds. The first-order valence-corrected chi connectivity index (χ1v) is 4.55. The fourth-order valence-corrected chi connectivity index (χ4v) is 0.891. The van der Waals surface area contributed by atoms with E-state index in [0.29, 0.717) is 24.2 Å². The van der Waals surface area contributed by atoms with E-state index in [-0.39, 0.29) is 11.7 Å². The Hall–Kier alpha value is -0.970. The maximum Gasteiger partial charge on any atom is 0.289 e. The molecule has 1 heterocycles. The maximum atomic E-state index is 11.3. The third-order valence-corrected chi connectivity index (χ3v) is 1.59. The van der Waals surface area contributed by atoms with Gasteiger partial charge in [0.05, 0.1) is 0 Å². The number of rotatable bonds is 3. The summed E-state index contributed by atoms with van der Waals surface area (Å²) in [7, 11) is 0. The summed E-state index contributed by atoms with van der Waals surface area (Å²) in [4.78, 5) is 11.3. The normalized spacial score (nSPS) is 15.0. The summed E-state index contributed by atoms with van der Waals surface area (Å²) in [6.07, 6.45) is 1.32. The van der Waals surface area contributed by atoms with Gasteiger partial charge in [-0.3, -0.25) is 4.79 Å². The number of carbonyl (C=O) groups excluding carboxylic acids is 1. The molecule has 1 N–H and O–H groups in total. The lowest BCUT2D eigenvalue weighted by molar-refractivity contribution is -0.122. The van der Waals surface area contributed by atoms with Crippen LogP contribution in [0.3, 0.4) is 0 Å². The highest BCUT2D eigenvalue weighted by Gasteiger charge is 2.13. The van der Waals surface area contributed by atoms with Crippen LogP contribution in [-0.2, 0) is 14.3 Å². The van der Waals surface area contributed by atoms with E-state index in [2.05, 4.69) is 27.8 Å².